The molecule has 0 aliphatic carbocycles. The zero-order valence-electron chi connectivity index (χ0n) is 13.2. The Bertz CT molecular complexity index is 724. The van der Waals surface area contributed by atoms with Gasteiger partial charge in [-0.3, -0.25) is 4.79 Å². The van der Waals surface area contributed by atoms with Crippen molar-refractivity contribution in [3.8, 4) is 11.5 Å². The van der Waals surface area contributed by atoms with Crippen molar-refractivity contribution in [1.29, 1.82) is 0 Å². The number of anilines is 1. The van der Waals surface area contributed by atoms with Gasteiger partial charge in [-0.15, -0.1) is 0 Å². The molecule has 2 rings (SSSR count). The van der Waals surface area contributed by atoms with Gasteiger partial charge in [0.25, 0.3) is 0 Å². The predicted molar refractivity (Wildman–Crippen MR) is 92.7 cm³/mol. The summed E-state index contributed by atoms with van der Waals surface area (Å²) in [6, 6.07) is 12.2. The minimum Gasteiger partial charge on any atom is -0.497 e. The average Bonchev–Trinajstić information content (AvgIpc) is 2.55. The van der Waals surface area contributed by atoms with Gasteiger partial charge in [0, 0.05) is 28.4 Å². The summed E-state index contributed by atoms with van der Waals surface area (Å²) in [5, 5.41) is 3.76. The fourth-order valence-electron chi connectivity index (χ4n) is 2.04. The van der Waals surface area contributed by atoms with Crippen LogP contribution in [-0.2, 0) is 0 Å². The lowest BCUT2D eigenvalue weighted by Gasteiger charge is -2.12. The lowest BCUT2D eigenvalue weighted by Crippen LogP contribution is -2.03. The van der Waals surface area contributed by atoms with Crippen LogP contribution < -0.4 is 14.8 Å². The second kappa shape index (κ2) is 7.70. The molecule has 5 heteroatoms. The quantitative estimate of drug-likeness (QED) is 0.623. The summed E-state index contributed by atoms with van der Waals surface area (Å²) in [5.41, 5.74) is 2.04. The highest BCUT2D eigenvalue weighted by Crippen LogP contribution is 2.29. The lowest BCUT2D eigenvalue weighted by molar-refractivity contribution is 0.104. The van der Waals surface area contributed by atoms with Crippen molar-refractivity contribution in [3.63, 3.8) is 0 Å². The SMILES string of the molecule is COc1ccc(N/C(C)=C/C(=O)c2ccc(Cl)cc2)c(OC)c1. The van der Waals surface area contributed by atoms with E-state index in [0.717, 1.165) is 5.69 Å². The van der Waals surface area contributed by atoms with E-state index in [-0.39, 0.29) is 5.78 Å². The fraction of sp³-hybridized carbons (Fsp3) is 0.167. The molecule has 0 atom stereocenters. The minimum atomic E-state index is -0.0980. The van der Waals surface area contributed by atoms with E-state index in [2.05, 4.69) is 5.32 Å². The van der Waals surface area contributed by atoms with Crippen LogP contribution >= 0.6 is 11.6 Å². The predicted octanol–water partition coefficient (Wildman–Crippen LogP) is 4.56. The molecule has 2 aromatic carbocycles. The third-order valence-corrected chi connectivity index (χ3v) is 3.47. The van der Waals surface area contributed by atoms with Gasteiger partial charge in [-0.1, -0.05) is 11.6 Å². The van der Waals surface area contributed by atoms with Crippen molar-refractivity contribution in [1.82, 2.24) is 0 Å². The Balaban J connectivity index is 2.16. The monoisotopic (exact) mass is 331 g/mol. The molecule has 120 valence electrons. The molecule has 23 heavy (non-hydrogen) atoms. The molecule has 0 fully saturated rings. The van der Waals surface area contributed by atoms with E-state index in [4.69, 9.17) is 21.1 Å². The molecule has 0 heterocycles. The number of hydrogen-bond acceptors (Lipinski definition) is 4. The molecule has 0 spiro atoms. The highest BCUT2D eigenvalue weighted by molar-refractivity contribution is 6.30. The topological polar surface area (TPSA) is 47.6 Å². The van der Waals surface area contributed by atoms with Gasteiger partial charge in [0.05, 0.1) is 19.9 Å². The van der Waals surface area contributed by atoms with Crippen LogP contribution in [0.25, 0.3) is 0 Å². The van der Waals surface area contributed by atoms with E-state index in [1.165, 1.54) is 6.08 Å². The van der Waals surface area contributed by atoms with E-state index in [1.54, 1.807) is 44.6 Å². The largest absolute Gasteiger partial charge is 0.497 e. The number of halogens is 1. The van der Waals surface area contributed by atoms with E-state index < -0.39 is 0 Å². The molecule has 0 amide bonds. The Kier molecular flexibility index (Phi) is 5.66. The fourth-order valence-corrected chi connectivity index (χ4v) is 2.17. The normalized spacial score (nSPS) is 11.0. The van der Waals surface area contributed by atoms with Crippen LogP contribution in [0.1, 0.15) is 17.3 Å². The number of rotatable bonds is 6. The van der Waals surface area contributed by atoms with Gasteiger partial charge in [0.15, 0.2) is 5.78 Å². The van der Waals surface area contributed by atoms with Crippen molar-refractivity contribution < 1.29 is 14.3 Å². The van der Waals surface area contributed by atoms with Crippen LogP contribution in [0.5, 0.6) is 11.5 Å². The number of nitrogens with one attached hydrogen (secondary N) is 1. The molecule has 0 saturated carbocycles. The molecule has 0 aliphatic rings. The first kappa shape index (κ1) is 16.9. The van der Waals surface area contributed by atoms with Crippen LogP contribution in [0.3, 0.4) is 0 Å². The highest BCUT2D eigenvalue weighted by Gasteiger charge is 2.07. The maximum absolute atomic E-state index is 12.2. The van der Waals surface area contributed by atoms with E-state index in [1.807, 2.05) is 19.1 Å². The van der Waals surface area contributed by atoms with Crippen molar-refractivity contribution >= 4 is 23.1 Å². The summed E-state index contributed by atoms with van der Waals surface area (Å²) in [4.78, 5) is 12.2. The van der Waals surface area contributed by atoms with Gasteiger partial charge in [0.1, 0.15) is 11.5 Å². The third-order valence-electron chi connectivity index (χ3n) is 3.22. The molecular weight excluding hydrogens is 314 g/mol. The molecule has 0 radical (unpaired) electrons. The van der Waals surface area contributed by atoms with Gasteiger partial charge < -0.3 is 14.8 Å². The van der Waals surface area contributed by atoms with Crippen LogP contribution in [0, 0.1) is 0 Å². The van der Waals surface area contributed by atoms with Gasteiger partial charge in [0.2, 0.25) is 0 Å². The summed E-state index contributed by atoms with van der Waals surface area (Å²) in [6.45, 7) is 1.82. The Morgan fingerprint density at radius 1 is 1.09 bits per heavy atom. The molecule has 0 saturated heterocycles. The van der Waals surface area contributed by atoms with Crippen molar-refractivity contribution in [2.24, 2.45) is 0 Å². The smallest absolute Gasteiger partial charge is 0.187 e. The first-order valence-corrected chi connectivity index (χ1v) is 7.38. The Morgan fingerprint density at radius 3 is 2.39 bits per heavy atom. The second-order valence-electron chi connectivity index (χ2n) is 4.89. The van der Waals surface area contributed by atoms with Gasteiger partial charge >= 0.3 is 0 Å². The van der Waals surface area contributed by atoms with E-state index in [9.17, 15) is 4.79 Å². The zero-order valence-corrected chi connectivity index (χ0v) is 14.0. The minimum absolute atomic E-state index is 0.0980. The number of carbonyl (C=O) groups excluding carboxylic acids is 1. The molecular formula is C18H18ClNO3. The summed E-state index contributed by atoms with van der Waals surface area (Å²) >= 11 is 5.82. The first-order chi connectivity index (χ1) is 11.0. The summed E-state index contributed by atoms with van der Waals surface area (Å²) in [5.74, 6) is 1.24. The van der Waals surface area contributed by atoms with E-state index >= 15 is 0 Å². The van der Waals surface area contributed by atoms with Gasteiger partial charge in [-0.25, -0.2) is 0 Å². The van der Waals surface area contributed by atoms with E-state index in [0.29, 0.717) is 27.8 Å². The standard InChI is InChI=1S/C18H18ClNO3/c1-12(10-17(21)13-4-6-14(19)7-5-13)20-16-9-8-15(22-2)11-18(16)23-3/h4-11,20H,1-3H3/b12-10+. The zero-order chi connectivity index (χ0) is 16.8. The highest BCUT2D eigenvalue weighted by atomic mass is 35.5. The third kappa shape index (κ3) is 4.50. The Hall–Kier alpha value is -2.46. The number of ether oxygens (including phenoxy) is 2. The number of methoxy groups -OCH3 is 2. The van der Waals surface area contributed by atoms with Crippen LogP contribution in [0.15, 0.2) is 54.2 Å². The number of benzene rings is 2. The molecule has 0 unspecified atom stereocenters. The lowest BCUT2D eigenvalue weighted by atomic mass is 10.1. The second-order valence-corrected chi connectivity index (χ2v) is 5.33. The first-order valence-electron chi connectivity index (χ1n) is 7.00. The van der Waals surface area contributed by atoms with Crippen molar-refractivity contribution in [2.75, 3.05) is 19.5 Å². The molecule has 2 aromatic rings. The molecule has 0 aliphatic heterocycles. The van der Waals surface area contributed by atoms with Gasteiger partial charge in [-0.2, -0.15) is 0 Å². The van der Waals surface area contributed by atoms with Crippen molar-refractivity contribution in [2.45, 2.75) is 6.92 Å². The molecule has 1 N–H and O–H groups in total. The Labute approximate surface area is 140 Å². The van der Waals surface area contributed by atoms with Crippen LogP contribution in [0.4, 0.5) is 5.69 Å². The molecule has 0 aromatic heterocycles. The van der Waals surface area contributed by atoms with Gasteiger partial charge in [-0.05, 0) is 43.3 Å². The maximum Gasteiger partial charge on any atom is 0.187 e. The molecule has 0 bridgehead atoms. The Morgan fingerprint density at radius 2 is 1.78 bits per heavy atom. The summed E-state index contributed by atoms with van der Waals surface area (Å²) < 4.78 is 10.5. The number of allylic oxidation sites excluding steroid dienone is 2. The number of ketones is 1. The summed E-state index contributed by atoms with van der Waals surface area (Å²) in [6.07, 6.45) is 1.53. The number of hydrogen-bond donors (Lipinski definition) is 1. The number of carbonyl (C=O) groups is 1. The van der Waals surface area contributed by atoms with Crippen LogP contribution in [0.2, 0.25) is 5.02 Å². The summed E-state index contributed by atoms with van der Waals surface area (Å²) in [7, 11) is 3.18. The van der Waals surface area contributed by atoms with Crippen molar-refractivity contribution in [3.05, 3.63) is 64.8 Å². The van der Waals surface area contributed by atoms with Crippen LogP contribution in [-0.4, -0.2) is 20.0 Å². The maximum atomic E-state index is 12.2. The molecule has 4 nitrogen and oxygen atoms in total. The average molecular weight is 332 g/mol.